The van der Waals surface area contributed by atoms with Crippen molar-refractivity contribution in [2.45, 2.75) is 6.42 Å². The fourth-order valence-corrected chi connectivity index (χ4v) is 3.30. The first-order chi connectivity index (χ1) is 13.3. The van der Waals surface area contributed by atoms with Crippen molar-refractivity contribution in [3.8, 4) is 0 Å². The van der Waals surface area contributed by atoms with Crippen LogP contribution in [0.1, 0.15) is 17.8 Å². The number of ketones is 1. The molecule has 0 unspecified atom stereocenters. The number of amides is 1. The molecule has 0 aliphatic carbocycles. The van der Waals surface area contributed by atoms with Crippen LogP contribution in [0, 0.1) is 0 Å². The highest BCUT2D eigenvalue weighted by Crippen LogP contribution is 2.23. The zero-order valence-electron chi connectivity index (χ0n) is 17.1. The van der Waals surface area contributed by atoms with Crippen molar-refractivity contribution in [3.05, 3.63) is 59.2 Å². The molecule has 6 heteroatoms. The number of piperidine rings is 1. The molecule has 1 fully saturated rings. The van der Waals surface area contributed by atoms with Gasteiger partial charge in [0.25, 0.3) is 0 Å². The van der Waals surface area contributed by atoms with Crippen LogP contribution in [0.15, 0.2) is 47.8 Å². The molecule has 0 bridgehead atoms. The summed E-state index contributed by atoms with van der Waals surface area (Å²) in [5.74, 6) is 0.0795. The lowest BCUT2D eigenvalue weighted by molar-refractivity contribution is -0.131. The molecular weight excluding hydrogens is 352 g/mol. The zero-order chi connectivity index (χ0) is 20.3. The van der Waals surface area contributed by atoms with E-state index in [0.717, 1.165) is 11.4 Å². The van der Waals surface area contributed by atoms with Crippen molar-refractivity contribution >= 4 is 23.8 Å². The molecule has 1 aliphatic heterocycles. The number of likely N-dealkylation sites (tertiary alicyclic amines) is 1. The van der Waals surface area contributed by atoms with Gasteiger partial charge in [-0.05, 0) is 50.5 Å². The number of aryl methyl sites for hydroxylation is 2. The molecule has 0 atom stereocenters. The molecule has 0 spiro atoms. The Morgan fingerprint density at radius 2 is 1.50 bits per heavy atom. The largest absolute Gasteiger partial charge is 0.351 e. The molecule has 0 saturated carbocycles. The van der Waals surface area contributed by atoms with E-state index >= 15 is 0 Å². The lowest BCUT2D eigenvalue weighted by atomic mass is 9.95. The molecule has 3 heterocycles. The monoisotopic (exact) mass is 380 g/mol. The van der Waals surface area contributed by atoms with Crippen LogP contribution in [0.5, 0.6) is 0 Å². The van der Waals surface area contributed by atoms with Crippen molar-refractivity contribution in [2.75, 3.05) is 33.7 Å². The van der Waals surface area contributed by atoms with Crippen LogP contribution < -0.4 is 0 Å². The molecule has 0 aromatic carbocycles. The summed E-state index contributed by atoms with van der Waals surface area (Å²) in [6, 6.07) is 7.82. The first-order valence-electron chi connectivity index (χ1n) is 9.46. The zero-order valence-corrected chi connectivity index (χ0v) is 17.1. The van der Waals surface area contributed by atoms with Crippen molar-refractivity contribution in [1.82, 2.24) is 18.9 Å². The van der Waals surface area contributed by atoms with E-state index in [1.807, 2.05) is 91.0 Å². The Bertz CT molecular complexity index is 868. The average molecular weight is 380 g/mol. The van der Waals surface area contributed by atoms with E-state index in [1.165, 1.54) is 0 Å². The Morgan fingerprint density at radius 1 is 1.00 bits per heavy atom. The van der Waals surface area contributed by atoms with Gasteiger partial charge in [0.15, 0.2) is 5.78 Å². The summed E-state index contributed by atoms with van der Waals surface area (Å²) in [4.78, 5) is 29.7. The van der Waals surface area contributed by atoms with Gasteiger partial charge in [-0.15, -0.1) is 0 Å². The van der Waals surface area contributed by atoms with Gasteiger partial charge in [0.1, 0.15) is 0 Å². The highest BCUT2D eigenvalue weighted by molar-refractivity contribution is 6.15. The second kappa shape index (κ2) is 8.44. The lowest BCUT2D eigenvalue weighted by Gasteiger charge is -2.30. The third-order valence-corrected chi connectivity index (χ3v) is 5.04. The predicted octanol–water partition coefficient (Wildman–Crippen LogP) is 2.19. The van der Waals surface area contributed by atoms with E-state index < -0.39 is 0 Å². The van der Waals surface area contributed by atoms with Crippen LogP contribution in [0.2, 0.25) is 0 Å². The third kappa shape index (κ3) is 4.51. The molecule has 2 aromatic rings. The van der Waals surface area contributed by atoms with Gasteiger partial charge >= 0.3 is 0 Å². The number of Topliss-reactive ketones (excluding diaryl/α,β-unsaturated/α-hetero) is 1. The van der Waals surface area contributed by atoms with E-state index in [9.17, 15) is 9.59 Å². The Kier molecular flexibility index (Phi) is 5.99. The average Bonchev–Trinajstić information content (AvgIpc) is 3.24. The van der Waals surface area contributed by atoms with Gasteiger partial charge in [0, 0.05) is 75.1 Å². The SMILES string of the molecule is CN(C)CCC(=O)N1C/C(=C\c2cccn2C)C(=O)/C(=C/c2cccn2C)C1. The summed E-state index contributed by atoms with van der Waals surface area (Å²) in [5.41, 5.74) is 3.19. The number of carbonyl (C=O) groups excluding carboxylic acids is 2. The molecule has 6 nitrogen and oxygen atoms in total. The maximum Gasteiger partial charge on any atom is 0.224 e. The molecule has 1 aliphatic rings. The fourth-order valence-electron chi connectivity index (χ4n) is 3.30. The summed E-state index contributed by atoms with van der Waals surface area (Å²) in [5, 5.41) is 0. The van der Waals surface area contributed by atoms with E-state index in [4.69, 9.17) is 0 Å². The van der Waals surface area contributed by atoms with Gasteiger partial charge in [-0.3, -0.25) is 9.59 Å². The van der Waals surface area contributed by atoms with Crippen LogP contribution in [-0.2, 0) is 23.7 Å². The molecule has 2 aromatic heterocycles. The summed E-state index contributed by atoms with van der Waals surface area (Å²) in [6.07, 6.45) is 8.12. The van der Waals surface area contributed by atoms with Gasteiger partial charge in [-0.25, -0.2) is 0 Å². The van der Waals surface area contributed by atoms with Crippen LogP contribution in [-0.4, -0.2) is 64.4 Å². The first-order valence-corrected chi connectivity index (χ1v) is 9.46. The highest BCUT2D eigenvalue weighted by atomic mass is 16.2. The Morgan fingerprint density at radius 3 is 1.89 bits per heavy atom. The number of nitrogens with zero attached hydrogens (tertiary/aromatic N) is 4. The predicted molar refractivity (Wildman–Crippen MR) is 112 cm³/mol. The minimum Gasteiger partial charge on any atom is -0.351 e. The minimum absolute atomic E-state index is 0.0130. The Labute approximate surface area is 166 Å². The van der Waals surface area contributed by atoms with Crippen molar-refractivity contribution in [2.24, 2.45) is 14.1 Å². The standard InChI is InChI=1S/C22H28N4O2/c1-23(2)12-9-21(27)26-15-17(13-19-7-5-10-24(19)3)22(28)18(16-26)14-20-8-6-11-25(20)4/h5-8,10-11,13-14H,9,12,15-16H2,1-4H3/b17-13+,18-14+. The van der Waals surface area contributed by atoms with E-state index in [0.29, 0.717) is 37.2 Å². The van der Waals surface area contributed by atoms with Crippen LogP contribution in [0.25, 0.3) is 12.2 Å². The van der Waals surface area contributed by atoms with Crippen LogP contribution >= 0.6 is 0 Å². The van der Waals surface area contributed by atoms with Crippen LogP contribution in [0.3, 0.4) is 0 Å². The molecule has 1 amide bonds. The van der Waals surface area contributed by atoms with Crippen molar-refractivity contribution in [1.29, 1.82) is 0 Å². The number of hydrogen-bond donors (Lipinski definition) is 0. The minimum atomic E-state index is 0.0130. The van der Waals surface area contributed by atoms with Gasteiger partial charge in [-0.2, -0.15) is 0 Å². The molecule has 148 valence electrons. The molecule has 0 radical (unpaired) electrons. The number of hydrogen-bond acceptors (Lipinski definition) is 3. The maximum atomic E-state index is 13.1. The normalized spacial score (nSPS) is 17.9. The van der Waals surface area contributed by atoms with E-state index in [2.05, 4.69) is 0 Å². The topological polar surface area (TPSA) is 50.5 Å². The van der Waals surface area contributed by atoms with Crippen molar-refractivity contribution in [3.63, 3.8) is 0 Å². The molecular formula is C22H28N4O2. The van der Waals surface area contributed by atoms with Gasteiger partial charge in [-0.1, -0.05) is 0 Å². The number of carbonyl (C=O) groups is 2. The fraction of sp³-hybridized carbons (Fsp3) is 0.364. The quantitative estimate of drug-likeness (QED) is 0.747. The number of rotatable bonds is 5. The summed E-state index contributed by atoms with van der Waals surface area (Å²) < 4.78 is 3.93. The maximum absolute atomic E-state index is 13.1. The molecule has 28 heavy (non-hydrogen) atoms. The third-order valence-electron chi connectivity index (χ3n) is 5.04. The molecule has 3 rings (SSSR count). The van der Waals surface area contributed by atoms with Crippen molar-refractivity contribution < 1.29 is 9.59 Å². The van der Waals surface area contributed by atoms with Gasteiger partial charge < -0.3 is 18.9 Å². The highest BCUT2D eigenvalue weighted by Gasteiger charge is 2.29. The lowest BCUT2D eigenvalue weighted by Crippen LogP contribution is -2.42. The van der Waals surface area contributed by atoms with E-state index in [-0.39, 0.29) is 11.7 Å². The number of aromatic nitrogens is 2. The Balaban J connectivity index is 1.93. The second-order valence-corrected chi connectivity index (χ2v) is 7.56. The Hall–Kier alpha value is -2.86. The smallest absolute Gasteiger partial charge is 0.224 e. The summed E-state index contributed by atoms with van der Waals surface area (Å²) >= 11 is 0. The first kappa shape index (κ1) is 19.9. The second-order valence-electron chi connectivity index (χ2n) is 7.56. The molecule has 0 N–H and O–H groups in total. The molecule has 1 saturated heterocycles. The van der Waals surface area contributed by atoms with Gasteiger partial charge in [0.2, 0.25) is 5.91 Å². The van der Waals surface area contributed by atoms with E-state index in [1.54, 1.807) is 4.90 Å². The van der Waals surface area contributed by atoms with Crippen LogP contribution in [0.4, 0.5) is 0 Å². The summed E-state index contributed by atoms with van der Waals surface area (Å²) in [7, 11) is 7.80. The van der Waals surface area contributed by atoms with Gasteiger partial charge in [0.05, 0.1) is 0 Å². The summed E-state index contributed by atoms with van der Waals surface area (Å²) in [6.45, 7) is 1.39.